The molecule has 0 unspecified atom stereocenters. The number of benzene rings is 1. The van der Waals surface area contributed by atoms with Crippen molar-refractivity contribution in [2.24, 2.45) is 0 Å². The van der Waals surface area contributed by atoms with Crippen LogP contribution in [0.5, 0.6) is 0 Å². The average Bonchev–Trinajstić information content (AvgIpc) is 2.93. The number of aliphatic carboxylic acids is 1. The first-order valence-electron chi connectivity index (χ1n) is 6.77. The fourth-order valence-electron chi connectivity index (χ4n) is 2.03. The van der Waals surface area contributed by atoms with Crippen LogP contribution in [0, 0.1) is 5.82 Å². The summed E-state index contributed by atoms with van der Waals surface area (Å²) >= 11 is 0. The molecule has 0 saturated heterocycles. The fraction of sp³-hybridized carbons (Fsp3) is 0.250. The summed E-state index contributed by atoms with van der Waals surface area (Å²) < 4.78 is 19.1. The summed E-state index contributed by atoms with van der Waals surface area (Å²) in [6.45, 7) is 3.00. The van der Waals surface area contributed by atoms with Crippen LogP contribution in [0.1, 0.15) is 24.4 Å². The highest BCUT2D eigenvalue weighted by Gasteiger charge is 2.24. The van der Waals surface area contributed by atoms with Crippen LogP contribution in [0.15, 0.2) is 40.8 Å². The molecule has 1 N–H and O–H groups in total. The van der Waals surface area contributed by atoms with Gasteiger partial charge < -0.3 is 14.4 Å². The van der Waals surface area contributed by atoms with Crippen LogP contribution in [-0.2, 0) is 4.79 Å². The second-order valence-corrected chi connectivity index (χ2v) is 5.06. The second kappa shape index (κ2) is 6.43. The van der Waals surface area contributed by atoms with Crippen molar-refractivity contribution in [1.29, 1.82) is 0 Å². The van der Waals surface area contributed by atoms with Gasteiger partial charge in [0, 0.05) is 6.04 Å². The Bertz CT molecular complexity index is 693. The summed E-state index contributed by atoms with van der Waals surface area (Å²) in [6.07, 6.45) is 0. The molecule has 0 aliphatic heterocycles. The molecule has 2 rings (SSSR count). The maximum Gasteiger partial charge on any atom is 0.323 e. The van der Waals surface area contributed by atoms with Crippen molar-refractivity contribution < 1.29 is 23.5 Å². The third-order valence-corrected chi connectivity index (χ3v) is 3.15. The van der Waals surface area contributed by atoms with Crippen molar-refractivity contribution in [2.75, 3.05) is 6.54 Å². The average molecular weight is 305 g/mol. The molecule has 0 fully saturated rings. The molecule has 22 heavy (non-hydrogen) atoms. The van der Waals surface area contributed by atoms with E-state index in [2.05, 4.69) is 0 Å². The lowest BCUT2D eigenvalue weighted by atomic mass is 10.1. The van der Waals surface area contributed by atoms with Gasteiger partial charge in [-0.15, -0.1) is 0 Å². The number of hydrogen-bond acceptors (Lipinski definition) is 3. The Morgan fingerprint density at radius 3 is 2.50 bits per heavy atom. The first-order chi connectivity index (χ1) is 10.4. The summed E-state index contributed by atoms with van der Waals surface area (Å²) in [5.74, 6) is -1.90. The molecule has 0 aliphatic rings. The quantitative estimate of drug-likeness (QED) is 0.921. The SMILES string of the molecule is CC(C)N(CC(=O)O)C(=O)c1ccc(-c2ccccc2F)o1. The van der Waals surface area contributed by atoms with Crippen molar-refractivity contribution >= 4 is 11.9 Å². The number of halogens is 1. The van der Waals surface area contributed by atoms with E-state index in [1.807, 2.05) is 0 Å². The van der Waals surface area contributed by atoms with E-state index < -0.39 is 24.2 Å². The number of carboxylic acid groups (broad SMARTS) is 1. The van der Waals surface area contributed by atoms with E-state index in [9.17, 15) is 14.0 Å². The molecular weight excluding hydrogens is 289 g/mol. The highest BCUT2D eigenvalue weighted by atomic mass is 19.1. The Labute approximate surface area is 127 Å². The van der Waals surface area contributed by atoms with E-state index in [1.165, 1.54) is 23.1 Å². The van der Waals surface area contributed by atoms with Gasteiger partial charge in [-0.1, -0.05) is 12.1 Å². The number of furan rings is 1. The Hall–Kier alpha value is -2.63. The zero-order chi connectivity index (χ0) is 16.3. The minimum atomic E-state index is -1.11. The summed E-state index contributed by atoms with van der Waals surface area (Å²) in [4.78, 5) is 24.3. The van der Waals surface area contributed by atoms with E-state index >= 15 is 0 Å². The van der Waals surface area contributed by atoms with Crippen LogP contribution >= 0.6 is 0 Å². The lowest BCUT2D eigenvalue weighted by Crippen LogP contribution is -2.40. The largest absolute Gasteiger partial charge is 0.480 e. The van der Waals surface area contributed by atoms with Crippen LogP contribution in [0.2, 0.25) is 0 Å². The maximum absolute atomic E-state index is 13.7. The lowest BCUT2D eigenvalue weighted by Gasteiger charge is -2.23. The van der Waals surface area contributed by atoms with Crippen molar-refractivity contribution in [1.82, 2.24) is 4.90 Å². The van der Waals surface area contributed by atoms with Gasteiger partial charge in [0.1, 0.15) is 18.1 Å². The Kier molecular flexibility index (Phi) is 4.60. The Morgan fingerprint density at radius 1 is 1.23 bits per heavy atom. The fourth-order valence-corrected chi connectivity index (χ4v) is 2.03. The van der Waals surface area contributed by atoms with Gasteiger partial charge in [-0.2, -0.15) is 0 Å². The molecule has 1 aromatic heterocycles. The van der Waals surface area contributed by atoms with E-state index in [0.717, 1.165) is 0 Å². The van der Waals surface area contributed by atoms with Gasteiger partial charge in [0.05, 0.1) is 5.56 Å². The smallest absolute Gasteiger partial charge is 0.323 e. The van der Waals surface area contributed by atoms with Crippen LogP contribution < -0.4 is 0 Å². The molecule has 0 atom stereocenters. The summed E-state index contributed by atoms with van der Waals surface area (Å²) in [5, 5.41) is 8.87. The van der Waals surface area contributed by atoms with Gasteiger partial charge in [0.2, 0.25) is 0 Å². The molecule has 0 aliphatic carbocycles. The number of rotatable bonds is 5. The first-order valence-corrected chi connectivity index (χ1v) is 6.77. The van der Waals surface area contributed by atoms with Crippen LogP contribution in [0.3, 0.4) is 0 Å². The number of hydrogen-bond donors (Lipinski definition) is 1. The Morgan fingerprint density at radius 2 is 1.91 bits per heavy atom. The molecule has 6 heteroatoms. The molecule has 2 aromatic rings. The number of carboxylic acids is 1. The number of carbonyl (C=O) groups excluding carboxylic acids is 1. The molecule has 0 radical (unpaired) electrons. The Balaban J connectivity index is 2.29. The van der Waals surface area contributed by atoms with E-state index in [-0.39, 0.29) is 23.1 Å². The number of carbonyl (C=O) groups is 2. The normalized spacial score (nSPS) is 10.7. The highest BCUT2D eigenvalue weighted by molar-refractivity contribution is 5.94. The zero-order valence-electron chi connectivity index (χ0n) is 12.2. The van der Waals surface area contributed by atoms with Crippen molar-refractivity contribution in [2.45, 2.75) is 19.9 Å². The van der Waals surface area contributed by atoms with Crippen LogP contribution in [0.4, 0.5) is 4.39 Å². The van der Waals surface area contributed by atoms with Crippen molar-refractivity contribution in [3.63, 3.8) is 0 Å². The third kappa shape index (κ3) is 3.33. The minimum Gasteiger partial charge on any atom is -0.480 e. The van der Waals surface area contributed by atoms with E-state index in [1.54, 1.807) is 32.0 Å². The first kappa shape index (κ1) is 15.8. The summed E-state index contributed by atoms with van der Waals surface area (Å²) in [7, 11) is 0. The van der Waals surface area contributed by atoms with Crippen molar-refractivity contribution in [3.05, 3.63) is 48.0 Å². The molecule has 1 heterocycles. The van der Waals surface area contributed by atoms with Gasteiger partial charge >= 0.3 is 5.97 Å². The van der Waals surface area contributed by atoms with Gasteiger partial charge in [-0.25, -0.2) is 4.39 Å². The van der Waals surface area contributed by atoms with Crippen LogP contribution in [0.25, 0.3) is 11.3 Å². The second-order valence-electron chi connectivity index (χ2n) is 5.06. The number of nitrogens with zero attached hydrogens (tertiary/aromatic N) is 1. The van der Waals surface area contributed by atoms with E-state index in [0.29, 0.717) is 0 Å². The minimum absolute atomic E-state index is 0.0202. The van der Waals surface area contributed by atoms with Crippen molar-refractivity contribution in [3.8, 4) is 11.3 Å². The molecule has 0 spiro atoms. The summed E-state index contributed by atoms with van der Waals surface area (Å²) in [5.41, 5.74) is 0.246. The zero-order valence-corrected chi connectivity index (χ0v) is 12.2. The predicted molar refractivity (Wildman–Crippen MR) is 77.9 cm³/mol. The lowest BCUT2D eigenvalue weighted by molar-refractivity contribution is -0.138. The van der Waals surface area contributed by atoms with Crippen LogP contribution in [-0.4, -0.2) is 34.5 Å². The molecular formula is C16H16FNO4. The van der Waals surface area contributed by atoms with Gasteiger partial charge in [0.15, 0.2) is 5.76 Å². The predicted octanol–water partition coefficient (Wildman–Crippen LogP) is 3.02. The molecule has 116 valence electrons. The third-order valence-electron chi connectivity index (χ3n) is 3.15. The molecule has 1 aromatic carbocycles. The molecule has 0 bridgehead atoms. The van der Waals surface area contributed by atoms with Gasteiger partial charge in [0.25, 0.3) is 5.91 Å². The standard InChI is InChI=1S/C16H16FNO4/c1-10(2)18(9-15(19)20)16(21)14-8-7-13(22-14)11-5-3-4-6-12(11)17/h3-8,10H,9H2,1-2H3,(H,19,20). The topological polar surface area (TPSA) is 70.8 Å². The maximum atomic E-state index is 13.7. The summed E-state index contributed by atoms with van der Waals surface area (Å²) in [6, 6.07) is 8.66. The molecule has 0 saturated carbocycles. The monoisotopic (exact) mass is 305 g/mol. The molecule has 5 nitrogen and oxygen atoms in total. The van der Waals surface area contributed by atoms with Gasteiger partial charge in [-0.3, -0.25) is 9.59 Å². The van der Waals surface area contributed by atoms with E-state index in [4.69, 9.17) is 9.52 Å². The number of amides is 1. The highest BCUT2D eigenvalue weighted by Crippen LogP contribution is 2.25. The van der Waals surface area contributed by atoms with Gasteiger partial charge in [-0.05, 0) is 38.1 Å². The molecule has 1 amide bonds.